The fourth-order valence-corrected chi connectivity index (χ4v) is 3.81. The maximum atomic E-state index is 12.0. The van der Waals surface area contributed by atoms with E-state index in [0.29, 0.717) is 24.0 Å². The highest BCUT2D eigenvalue weighted by Crippen LogP contribution is 2.32. The Morgan fingerprint density at radius 2 is 1.83 bits per heavy atom. The summed E-state index contributed by atoms with van der Waals surface area (Å²) in [6, 6.07) is 16.3. The molecule has 1 atom stereocenters. The van der Waals surface area contributed by atoms with Crippen LogP contribution in [0.2, 0.25) is 0 Å². The Kier molecular flexibility index (Phi) is 8.12. The minimum Gasteiger partial charge on any atom is -0.453 e. The third-order valence-corrected chi connectivity index (χ3v) is 5.65. The maximum absolute atomic E-state index is 12.0. The molecule has 0 radical (unpaired) electrons. The monoisotopic (exact) mass is 395 g/mol. The molecule has 1 aliphatic heterocycles. The van der Waals surface area contributed by atoms with Gasteiger partial charge in [-0.05, 0) is 75.5 Å². The quantitative estimate of drug-likeness (QED) is 0.386. The smallest absolute Gasteiger partial charge is 0.311 e. The van der Waals surface area contributed by atoms with Crippen molar-refractivity contribution < 1.29 is 14.3 Å². The number of nitrogens with zero attached hydrogens (tertiary/aromatic N) is 1. The van der Waals surface area contributed by atoms with E-state index in [4.69, 9.17) is 9.47 Å². The van der Waals surface area contributed by atoms with E-state index in [1.54, 1.807) is 6.07 Å². The number of likely N-dealkylation sites (tertiary alicyclic amines) is 1. The third-order valence-electron chi connectivity index (χ3n) is 5.65. The van der Waals surface area contributed by atoms with Crippen LogP contribution in [0.4, 0.5) is 0 Å². The second kappa shape index (κ2) is 11.0. The molecular weight excluding hydrogens is 362 g/mol. The number of para-hydroxylation sites is 2. The number of hydrogen-bond donors (Lipinski definition) is 0. The van der Waals surface area contributed by atoms with Crippen LogP contribution < -0.4 is 9.47 Å². The van der Waals surface area contributed by atoms with Crippen LogP contribution in [0, 0.1) is 0 Å². The molecule has 29 heavy (non-hydrogen) atoms. The van der Waals surface area contributed by atoms with Crippen molar-refractivity contribution in [3.63, 3.8) is 0 Å². The fraction of sp³-hybridized carbons (Fsp3) is 0.480. The summed E-state index contributed by atoms with van der Waals surface area (Å²) < 4.78 is 11.5. The SMILES string of the molecule is CCCCC(=O)Oc1ccccc1Oc1ccc(CCC2CCCCN2C)cc1. The molecule has 3 rings (SSSR count). The number of piperidine rings is 1. The van der Waals surface area contributed by atoms with Crippen LogP contribution >= 0.6 is 0 Å². The maximum Gasteiger partial charge on any atom is 0.311 e. The van der Waals surface area contributed by atoms with E-state index in [9.17, 15) is 4.79 Å². The zero-order valence-electron chi connectivity index (χ0n) is 17.7. The Bertz CT molecular complexity index is 772. The molecule has 0 N–H and O–H groups in total. The van der Waals surface area contributed by atoms with Gasteiger partial charge in [0.1, 0.15) is 5.75 Å². The number of benzene rings is 2. The van der Waals surface area contributed by atoms with Gasteiger partial charge in [0.2, 0.25) is 0 Å². The Hall–Kier alpha value is -2.33. The lowest BCUT2D eigenvalue weighted by Crippen LogP contribution is -2.36. The summed E-state index contributed by atoms with van der Waals surface area (Å²) in [5.41, 5.74) is 1.33. The Morgan fingerprint density at radius 3 is 2.55 bits per heavy atom. The molecule has 4 nitrogen and oxygen atoms in total. The second-order valence-corrected chi connectivity index (χ2v) is 7.94. The minimum absolute atomic E-state index is 0.217. The van der Waals surface area contributed by atoms with Gasteiger partial charge in [0.25, 0.3) is 0 Å². The van der Waals surface area contributed by atoms with Gasteiger partial charge in [-0.2, -0.15) is 0 Å². The van der Waals surface area contributed by atoms with Crippen LogP contribution in [0.15, 0.2) is 48.5 Å². The Morgan fingerprint density at radius 1 is 1.07 bits per heavy atom. The number of carbonyl (C=O) groups is 1. The van der Waals surface area contributed by atoms with Crippen LogP contribution in [0.25, 0.3) is 0 Å². The first-order valence-electron chi connectivity index (χ1n) is 10.9. The van der Waals surface area contributed by atoms with Crippen molar-refractivity contribution in [2.45, 2.75) is 64.3 Å². The van der Waals surface area contributed by atoms with Gasteiger partial charge in [-0.25, -0.2) is 0 Å². The third kappa shape index (κ3) is 6.60. The standard InChI is InChI=1S/C25H33NO3/c1-3-4-12-25(27)29-24-11-6-5-10-23(24)28-22-17-14-20(15-18-22)13-16-21-9-7-8-19-26(21)2/h5-6,10-11,14-15,17-18,21H,3-4,7-9,12-13,16,19H2,1-2H3. The summed E-state index contributed by atoms with van der Waals surface area (Å²) in [5.74, 6) is 1.57. The van der Waals surface area contributed by atoms with E-state index in [1.165, 1.54) is 37.8 Å². The molecule has 0 amide bonds. The van der Waals surface area contributed by atoms with E-state index in [1.807, 2.05) is 30.3 Å². The van der Waals surface area contributed by atoms with E-state index in [2.05, 4.69) is 31.0 Å². The summed E-state index contributed by atoms with van der Waals surface area (Å²) >= 11 is 0. The van der Waals surface area contributed by atoms with Gasteiger partial charge >= 0.3 is 5.97 Å². The molecule has 1 unspecified atom stereocenters. The molecule has 1 fully saturated rings. The number of ether oxygens (including phenoxy) is 2. The predicted molar refractivity (Wildman–Crippen MR) is 117 cm³/mol. The molecular formula is C25H33NO3. The normalized spacial score (nSPS) is 17.1. The second-order valence-electron chi connectivity index (χ2n) is 7.94. The lowest BCUT2D eigenvalue weighted by Gasteiger charge is -2.32. The van der Waals surface area contributed by atoms with E-state index < -0.39 is 0 Å². The largest absolute Gasteiger partial charge is 0.453 e. The highest BCUT2D eigenvalue weighted by molar-refractivity contribution is 5.73. The van der Waals surface area contributed by atoms with Gasteiger partial charge in [-0.15, -0.1) is 0 Å². The zero-order valence-corrected chi connectivity index (χ0v) is 17.7. The van der Waals surface area contributed by atoms with Crippen molar-refractivity contribution in [1.29, 1.82) is 0 Å². The van der Waals surface area contributed by atoms with Gasteiger partial charge in [-0.1, -0.05) is 44.0 Å². The molecule has 4 heteroatoms. The summed E-state index contributed by atoms with van der Waals surface area (Å²) in [6.07, 6.45) is 8.50. The first-order valence-corrected chi connectivity index (χ1v) is 10.9. The van der Waals surface area contributed by atoms with E-state index >= 15 is 0 Å². The Labute approximate surface area is 174 Å². The minimum atomic E-state index is -0.217. The van der Waals surface area contributed by atoms with Crippen molar-refractivity contribution in [2.75, 3.05) is 13.6 Å². The van der Waals surface area contributed by atoms with Crippen molar-refractivity contribution in [2.24, 2.45) is 0 Å². The van der Waals surface area contributed by atoms with E-state index in [0.717, 1.165) is 25.0 Å². The molecule has 0 saturated carbocycles. The number of unbranched alkanes of at least 4 members (excludes halogenated alkanes) is 1. The molecule has 0 aromatic heterocycles. The van der Waals surface area contributed by atoms with Gasteiger partial charge in [0.05, 0.1) is 0 Å². The number of carbonyl (C=O) groups excluding carboxylic acids is 1. The highest BCUT2D eigenvalue weighted by Gasteiger charge is 2.18. The van der Waals surface area contributed by atoms with Gasteiger partial charge in [0, 0.05) is 12.5 Å². The van der Waals surface area contributed by atoms with Crippen molar-refractivity contribution in [3.05, 3.63) is 54.1 Å². The van der Waals surface area contributed by atoms with Gasteiger partial charge in [0.15, 0.2) is 11.5 Å². The number of hydrogen-bond acceptors (Lipinski definition) is 4. The van der Waals surface area contributed by atoms with Crippen molar-refractivity contribution in [3.8, 4) is 17.2 Å². The Balaban J connectivity index is 1.56. The van der Waals surface area contributed by atoms with E-state index in [-0.39, 0.29) is 5.97 Å². The van der Waals surface area contributed by atoms with Crippen LogP contribution in [-0.4, -0.2) is 30.5 Å². The molecule has 0 aliphatic carbocycles. The molecule has 2 aromatic carbocycles. The topological polar surface area (TPSA) is 38.8 Å². The predicted octanol–water partition coefficient (Wildman–Crippen LogP) is 5.99. The fourth-order valence-electron chi connectivity index (χ4n) is 3.81. The molecule has 0 spiro atoms. The molecule has 1 saturated heterocycles. The number of aryl methyl sites for hydroxylation is 1. The summed E-state index contributed by atoms with van der Waals surface area (Å²) in [5, 5.41) is 0. The van der Waals surface area contributed by atoms with Crippen molar-refractivity contribution in [1.82, 2.24) is 4.90 Å². The van der Waals surface area contributed by atoms with Gasteiger partial charge in [-0.3, -0.25) is 4.79 Å². The molecule has 0 bridgehead atoms. The highest BCUT2D eigenvalue weighted by atomic mass is 16.6. The molecule has 1 heterocycles. The van der Waals surface area contributed by atoms with Crippen LogP contribution in [0.1, 0.15) is 57.4 Å². The summed E-state index contributed by atoms with van der Waals surface area (Å²) in [6.45, 7) is 3.28. The lowest BCUT2D eigenvalue weighted by molar-refractivity contribution is -0.134. The van der Waals surface area contributed by atoms with Crippen LogP contribution in [0.3, 0.4) is 0 Å². The average Bonchev–Trinajstić information content (AvgIpc) is 2.74. The zero-order chi connectivity index (χ0) is 20.5. The first-order chi connectivity index (χ1) is 14.2. The molecule has 1 aliphatic rings. The van der Waals surface area contributed by atoms with Gasteiger partial charge < -0.3 is 14.4 Å². The summed E-state index contributed by atoms with van der Waals surface area (Å²) in [4.78, 5) is 14.5. The average molecular weight is 396 g/mol. The van der Waals surface area contributed by atoms with Crippen molar-refractivity contribution >= 4 is 5.97 Å². The molecule has 2 aromatic rings. The lowest BCUT2D eigenvalue weighted by atomic mass is 9.96. The number of rotatable bonds is 9. The first kappa shape index (κ1) is 21.4. The number of esters is 1. The molecule has 156 valence electrons. The van der Waals surface area contributed by atoms with Crippen LogP contribution in [0.5, 0.6) is 17.2 Å². The summed E-state index contributed by atoms with van der Waals surface area (Å²) in [7, 11) is 2.24. The van der Waals surface area contributed by atoms with Crippen LogP contribution in [-0.2, 0) is 11.2 Å².